The van der Waals surface area contributed by atoms with Crippen molar-refractivity contribution in [3.63, 3.8) is 0 Å². The van der Waals surface area contributed by atoms with Crippen LogP contribution in [0, 0.1) is 0 Å². The van der Waals surface area contributed by atoms with Gasteiger partial charge in [0.25, 0.3) is 10.2 Å². The predicted molar refractivity (Wildman–Crippen MR) is 102 cm³/mol. The van der Waals surface area contributed by atoms with Gasteiger partial charge in [-0.1, -0.05) is 31.4 Å². The molecule has 7 heteroatoms. The molecule has 25 heavy (non-hydrogen) atoms. The van der Waals surface area contributed by atoms with Gasteiger partial charge in [0.1, 0.15) is 5.01 Å². The lowest BCUT2D eigenvalue weighted by Crippen LogP contribution is -2.47. The zero-order valence-electron chi connectivity index (χ0n) is 14.4. The maximum atomic E-state index is 13.3. The number of aromatic nitrogens is 1. The molecule has 2 fully saturated rings. The molecule has 0 aliphatic carbocycles. The second-order valence-corrected chi connectivity index (χ2v) is 9.91. The third kappa shape index (κ3) is 3.47. The third-order valence-electron chi connectivity index (χ3n) is 5.24. The van der Waals surface area contributed by atoms with Crippen LogP contribution in [0.2, 0.25) is 0 Å². The number of rotatable bonds is 3. The Labute approximate surface area is 153 Å². The number of hydrogen-bond donors (Lipinski definition) is 0. The van der Waals surface area contributed by atoms with Gasteiger partial charge in [-0.25, -0.2) is 4.98 Å². The summed E-state index contributed by atoms with van der Waals surface area (Å²) in [6.07, 6.45) is 7.08. The van der Waals surface area contributed by atoms with Crippen LogP contribution in [0.15, 0.2) is 24.3 Å². The average Bonchev–Trinajstić information content (AvgIpc) is 2.86. The quantitative estimate of drug-likeness (QED) is 0.811. The molecule has 0 radical (unpaired) electrons. The summed E-state index contributed by atoms with van der Waals surface area (Å²) in [6, 6.07) is 7.95. The fraction of sp³-hybridized carbons (Fsp3) is 0.611. The first-order chi connectivity index (χ1) is 12.2. The highest BCUT2D eigenvalue weighted by Gasteiger charge is 2.38. The van der Waals surface area contributed by atoms with Crippen LogP contribution in [0.1, 0.15) is 56.0 Å². The Morgan fingerprint density at radius 3 is 2.44 bits per heavy atom. The number of benzene rings is 1. The number of thiazole rings is 1. The first kappa shape index (κ1) is 17.4. The first-order valence-corrected chi connectivity index (χ1v) is 11.5. The standard InChI is InChI=1S/C18H25N3O2S2/c22-25(23,20-12-6-1-2-7-13-20)21-14-8-5-10-16(21)18-19-15-9-3-4-11-17(15)24-18/h3-4,9,11,16H,1-2,5-8,10,12-14H2/t16-/m1/s1. The van der Waals surface area contributed by atoms with Crippen molar-refractivity contribution in [3.05, 3.63) is 29.3 Å². The molecule has 1 aromatic carbocycles. The van der Waals surface area contributed by atoms with E-state index in [2.05, 4.69) is 6.07 Å². The molecule has 136 valence electrons. The van der Waals surface area contributed by atoms with Crippen LogP contribution in [0.4, 0.5) is 0 Å². The van der Waals surface area contributed by atoms with E-state index in [4.69, 9.17) is 4.98 Å². The predicted octanol–water partition coefficient (Wildman–Crippen LogP) is 3.94. The summed E-state index contributed by atoms with van der Waals surface area (Å²) in [5.74, 6) is 0. The Morgan fingerprint density at radius 2 is 1.68 bits per heavy atom. The van der Waals surface area contributed by atoms with E-state index in [-0.39, 0.29) is 6.04 Å². The molecule has 0 amide bonds. The molecule has 1 atom stereocenters. The minimum Gasteiger partial charge on any atom is -0.239 e. The highest BCUT2D eigenvalue weighted by molar-refractivity contribution is 7.86. The molecule has 0 unspecified atom stereocenters. The lowest BCUT2D eigenvalue weighted by Gasteiger charge is -2.36. The Hall–Kier alpha value is -1.02. The van der Waals surface area contributed by atoms with Crippen molar-refractivity contribution < 1.29 is 8.42 Å². The monoisotopic (exact) mass is 379 g/mol. The molecule has 1 aromatic heterocycles. The van der Waals surface area contributed by atoms with Crippen LogP contribution in [-0.2, 0) is 10.2 Å². The fourth-order valence-electron chi connectivity index (χ4n) is 3.88. The molecule has 4 rings (SSSR count). The number of piperidine rings is 1. The largest absolute Gasteiger partial charge is 0.282 e. The molecular formula is C18H25N3O2S2. The summed E-state index contributed by atoms with van der Waals surface area (Å²) in [5, 5.41) is 0.944. The lowest BCUT2D eigenvalue weighted by atomic mass is 10.1. The Balaban J connectivity index is 1.66. The molecule has 2 aromatic rings. The van der Waals surface area contributed by atoms with Gasteiger partial charge in [0, 0.05) is 19.6 Å². The topological polar surface area (TPSA) is 53.5 Å². The second kappa shape index (κ2) is 7.31. The van der Waals surface area contributed by atoms with Gasteiger partial charge in [0.05, 0.1) is 16.3 Å². The van der Waals surface area contributed by atoms with Gasteiger partial charge in [-0.05, 0) is 37.8 Å². The highest BCUT2D eigenvalue weighted by Crippen LogP contribution is 2.38. The van der Waals surface area contributed by atoms with E-state index in [0.29, 0.717) is 19.6 Å². The summed E-state index contributed by atoms with van der Waals surface area (Å²) in [7, 11) is -3.41. The van der Waals surface area contributed by atoms with Crippen molar-refractivity contribution >= 4 is 31.8 Å². The minimum absolute atomic E-state index is 0.112. The molecule has 2 aliphatic rings. The van der Waals surface area contributed by atoms with Gasteiger partial charge in [-0.3, -0.25) is 0 Å². The molecule has 3 heterocycles. The number of fused-ring (bicyclic) bond motifs is 1. The van der Waals surface area contributed by atoms with E-state index >= 15 is 0 Å². The summed E-state index contributed by atoms with van der Waals surface area (Å²) < 4.78 is 31.2. The van der Waals surface area contributed by atoms with Crippen LogP contribution in [0.25, 0.3) is 10.2 Å². The molecule has 2 saturated heterocycles. The van der Waals surface area contributed by atoms with Crippen molar-refractivity contribution in [2.24, 2.45) is 0 Å². The molecule has 0 bridgehead atoms. The fourth-order valence-corrected chi connectivity index (χ4v) is 6.97. The highest BCUT2D eigenvalue weighted by atomic mass is 32.2. The Morgan fingerprint density at radius 1 is 0.960 bits per heavy atom. The first-order valence-electron chi connectivity index (χ1n) is 9.29. The van der Waals surface area contributed by atoms with Gasteiger partial charge in [0.2, 0.25) is 0 Å². The number of hydrogen-bond acceptors (Lipinski definition) is 4. The number of nitrogens with zero attached hydrogens (tertiary/aromatic N) is 3. The Kier molecular flexibility index (Phi) is 5.08. The minimum atomic E-state index is -3.41. The van der Waals surface area contributed by atoms with E-state index in [1.807, 2.05) is 18.2 Å². The average molecular weight is 380 g/mol. The molecular weight excluding hydrogens is 354 g/mol. The molecule has 0 N–H and O–H groups in total. The van der Waals surface area contributed by atoms with E-state index in [9.17, 15) is 8.42 Å². The summed E-state index contributed by atoms with van der Waals surface area (Å²) in [4.78, 5) is 4.76. The van der Waals surface area contributed by atoms with E-state index in [1.54, 1.807) is 19.9 Å². The van der Waals surface area contributed by atoms with E-state index in [1.165, 1.54) is 0 Å². The van der Waals surface area contributed by atoms with Crippen molar-refractivity contribution in [2.75, 3.05) is 19.6 Å². The summed E-state index contributed by atoms with van der Waals surface area (Å²) >= 11 is 1.64. The molecule has 5 nitrogen and oxygen atoms in total. The van der Waals surface area contributed by atoms with Crippen LogP contribution in [-0.4, -0.2) is 41.6 Å². The van der Waals surface area contributed by atoms with Gasteiger partial charge in [0.15, 0.2) is 0 Å². The second-order valence-electron chi connectivity index (χ2n) is 6.96. The van der Waals surface area contributed by atoms with Gasteiger partial charge in [-0.2, -0.15) is 17.0 Å². The van der Waals surface area contributed by atoms with Crippen LogP contribution >= 0.6 is 11.3 Å². The summed E-state index contributed by atoms with van der Waals surface area (Å²) in [5.41, 5.74) is 0.972. The lowest BCUT2D eigenvalue weighted by molar-refractivity contribution is 0.234. The van der Waals surface area contributed by atoms with Gasteiger partial charge < -0.3 is 0 Å². The maximum Gasteiger partial charge on any atom is 0.282 e. The van der Waals surface area contributed by atoms with Crippen LogP contribution < -0.4 is 0 Å². The normalized spacial score (nSPS) is 24.4. The van der Waals surface area contributed by atoms with Crippen molar-refractivity contribution in [2.45, 2.75) is 51.0 Å². The van der Waals surface area contributed by atoms with Crippen LogP contribution in [0.5, 0.6) is 0 Å². The zero-order chi connectivity index (χ0) is 17.3. The zero-order valence-corrected chi connectivity index (χ0v) is 16.1. The van der Waals surface area contributed by atoms with Crippen LogP contribution in [0.3, 0.4) is 0 Å². The Bertz CT molecular complexity index is 793. The van der Waals surface area contributed by atoms with E-state index in [0.717, 1.165) is 60.2 Å². The molecule has 0 spiro atoms. The summed E-state index contributed by atoms with van der Waals surface area (Å²) in [6.45, 7) is 1.93. The van der Waals surface area contributed by atoms with Crippen molar-refractivity contribution in [3.8, 4) is 0 Å². The SMILES string of the molecule is O=S(=O)(N1CCCCCC1)N1CCCC[C@@H]1c1nc2ccccc2s1. The third-order valence-corrected chi connectivity index (χ3v) is 8.42. The number of para-hydroxylation sites is 1. The van der Waals surface area contributed by atoms with Gasteiger partial charge in [-0.15, -0.1) is 11.3 Å². The van der Waals surface area contributed by atoms with Gasteiger partial charge >= 0.3 is 0 Å². The molecule has 0 saturated carbocycles. The smallest absolute Gasteiger partial charge is 0.239 e. The van der Waals surface area contributed by atoms with Crippen molar-refractivity contribution in [1.82, 2.24) is 13.6 Å². The molecule has 2 aliphatic heterocycles. The van der Waals surface area contributed by atoms with Crippen molar-refractivity contribution in [1.29, 1.82) is 0 Å². The maximum absolute atomic E-state index is 13.3. The van der Waals surface area contributed by atoms with E-state index < -0.39 is 10.2 Å².